The molecule has 1 saturated heterocycles. The van der Waals surface area contributed by atoms with E-state index in [9.17, 15) is 4.79 Å². The van der Waals surface area contributed by atoms with E-state index in [0.717, 1.165) is 43.3 Å². The molecule has 10 nitrogen and oxygen atoms in total. The van der Waals surface area contributed by atoms with Crippen LogP contribution in [0.3, 0.4) is 0 Å². The van der Waals surface area contributed by atoms with Crippen molar-refractivity contribution in [1.29, 1.82) is 0 Å². The summed E-state index contributed by atoms with van der Waals surface area (Å²) in [7, 11) is 0. The molecule has 4 rings (SSSR count). The van der Waals surface area contributed by atoms with Crippen molar-refractivity contribution in [3.05, 3.63) is 47.8 Å². The van der Waals surface area contributed by atoms with Gasteiger partial charge in [0, 0.05) is 57.7 Å². The van der Waals surface area contributed by atoms with E-state index in [2.05, 4.69) is 45.4 Å². The quantitative estimate of drug-likeness (QED) is 0.503. The zero-order chi connectivity index (χ0) is 21.6. The number of piperazine rings is 1. The fourth-order valence-electron chi connectivity index (χ4n) is 3.45. The first-order valence-corrected chi connectivity index (χ1v) is 10.5. The van der Waals surface area contributed by atoms with Gasteiger partial charge in [-0.1, -0.05) is 11.6 Å². The molecule has 162 valence electrons. The minimum absolute atomic E-state index is 0.274. The summed E-state index contributed by atoms with van der Waals surface area (Å²) < 4.78 is 0. The number of carbonyl (C=O) groups excluding carboxylic acids is 1. The molecule has 3 N–H and O–H groups in total. The Bertz CT molecular complexity index is 1020. The highest BCUT2D eigenvalue weighted by atomic mass is 35.5. The number of nitrogens with zero attached hydrogens (tertiary/aromatic N) is 6. The number of hydrogen-bond donors (Lipinski definition) is 3. The third kappa shape index (κ3) is 5.28. The molecule has 0 aromatic carbocycles. The SMILES string of the molecule is CCNC(=O)Nc1cc(CN2CCN(c3ccc(-c4ncc[nH]4)nc3Cl)CC2)ncn1. The molecule has 0 unspecified atom stereocenters. The molecule has 0 radical (unpaired) electrons. The van der Waals surface area contributed by atoms with Crippen LogP contribution < -0.4 is 15.5 Å². The Balaban J connectivity index is 1.33. The fraction of sp³-hybridized carbons (Fsp3) is 0.350. The van der Waals surface area contributed by atoms with Crippen molar-refractivity contribution in [2.75, 3.05) is 42.9 Å². The third-order valence-corrected chi connectivity index (χ3v) is 5.25. The molecule has 3 aromatic heterocycles. The Kier molecular flexibility index (Phi) is 6.58. The number of carbonyl (C=O) groups is 1. The van der Waals surface area contributed by atoms with Crippen LogP contribution in [-0.2, 0) is 6.54 Å². The minimum Gasteiger partial charge on any atom is -0.366 e. The van der Waals surface area contributed by atoms with Crippen LogP contribution in [0.2, 0.25) is 5.15 Å². The Morgan fingerprint density at radius 2 is 2.03 bits per heavy atom. The summed E-state index contributed by atoms with van der Waals surface area (Å²) in [6.45, 7) is 6.48. The molecule has 4 heterocycles. The zero-order valence-corrected chi connectivity index (χ0v) is 17.9. The molecule has 0 saturated carbocycles. The Labute approximate surface area is 185 Å². The number of pyridine rings is 1. The van der Waals surface area contributed by atoms with E-state index in [-0.39, 0.29) is 6.03 Å². The average molecular weight is 442 g/mol. The number of anilines is 2. The zero-order valence-electron chi connectivity index (χ0n) is 17.2. The summed E-state index contributed by atoms with van der Waals surface area (Å²) in [6.07, 6.45) is 4.92. The molecule has 0 bridgehead atoms. The largest absolute Gasteiger partial charge is 0.366 e. The maximum absolute atomic E-state index is 11.7. The standard InChI is InChI=1S/C20H24ClN9O/c1-2-22-20(31)28-17-11-14(25-13-26-17)12-29-7-9-30(10-8-29)16-4-3-15(27-18(16)21)19-23-5-6-24-19/h3-6,11,13H,2,7-10,12H2,1H3,(H,23,24)(H2,22,25,26,28,31). The number of H-pyrrole nitrogens is 1. The van der Waals surface area contributed by atoms with Gasteiger partial charge in [-0.2, -0.15) is 0 Å². The normalized spacial score (nSPS) is 14.5. The summed E-state index contributed by atoms with van der Waals surface area (Å²) in [4.78, 5) is 36.4. The summed E-state index contributed by atoms with van der Waals surface area (Å²) in [5.74, 6) is 1.19. The van der Waals surface area contributed by atoms with Crippen molar-refractivity contribution in [1.82, 2.24) is 35.1 Å². The van der Waals surface area contributed by atoms with Crippen molar-refractivity contribution in [3.63, 3.8) is 0 Å². The van der Waals surface area contributed by atoms with E-state index in [1.54, 1.807) is 18.5 Å². The first kappa shape index (κ1) is 21.0. The van der Waals surface area contributed by atoms with E-state index >= 15 is 0 Å². The van der Waals surface area contributed by atoms with Gasteiger partial charge >= 0.3 is 6.03 Å². The van der Waals surface area contributed by atoms with E-state index < -0.39 is 0 Å². The molecule has 0 aliphatic carbocycles. The highest BCUT2D eigenvalue weighted by Gasteiger charge is 2.20. The van der Waals surface area contributed by atoms with Crippen molar-refractivity contribution in [3.8, 4) is 11.5 Å². The van der Waals surface area contributed by atoms with Gasteiger partial charge in [-0.25, -0.2) is 24.7 Å². The molecule has 0 atom stereocenters. The molecular formula is C20H24ClN9O. The van der Waals surface area contributed by atoms with E-state index in [4.69, 9.17) is 11.6 Å². The van der Waals surface area contributed by atoms with Gasteiger partial charge in [-0.05, 0) is 19.1 Å². The second-order valence-electron chi connectivity index (χ2n) is 7.09. The number of amides is 2. The van der Waals surface area contributed by atoms with Crippen LogP contribution in [0, 0.1) is 0 Å². The van der Waals surface area contributed by atoms with Crippen molar-refractivity contribution >= 4 is 29.1 Å². The van der Waals surface area contributed by atoms with Crippen LogP contribution in [0.1, 0.15) is 12.6 Å². The average Bonchev–Trinajstić information content (AvgIpc) is 3.30. The molecule has 2 amide bonds. The number of rotatable bonds is 6. The lowest BCUT2D eigenvalue weighted by atomic mass is 10.2. The fourth-order valence-corrected chi connectivity index (χ4v) is 3.72. The van der Waals surface area contributed by atoms with Gasteiger partial charge in [0.1, 0.15) is 17.8 Å². The smallest absolute Gasteiger partial charge is 0.320 e. The summed E-state index contributed by atoms with van der Waals surface area (Å²) in [5.41, 5.74) is 2.50. The van der Waals surface area contributed by atoms with Crippen LogP contribution in [0.25, 0.3) is 11.5 Å². The second-order valence-corrected chi connectivity index (χ2v) is 7.44. The van der Waals surface area contributed by atoms with Crippen molar-refractivity contribution < 1.29 is 4.79 Å². The van der Waals surface area contributed by atoms with E-state index in [0.29, 0.717) is 29.9 Å². The highest BCUT2D eigenvalue weighted by molar-refractivity contribution is 6.32. The van der Waals surface area contributed by atoms with Gasteiger partial charge in [0.25, 0.3) is 0 Å². The lowest BCUT2D eigenvalue weighted by Gasteiger charge is -2.36. The molecule has 3 aromatic rings. The predicted octanol–water partition coefficient (Wildman–Crippen LogP) is 2.38. The molecule has 1 aliphatic rings. The lowest BCUT2D eigenvalue weighted by molar-refractivity contribution is 0.247. The van der Waals surface area contributed by atoms with Crippen LogP contribution >= 0.6 is 11.6 Å². The van der Waals surface area contributed by atoms with E-state index in [1.807, 2.05) is 19.1 Å². The predicted molar refractivity (Wildman–Crippen MR) is 119 cm³/mol. The number of halogens is 1. The maximum Gasteiger partial charge on any atom is 0.320 e. The molecule has 11 heteroatoms. The van der Waals surface area contributed by atoms with Gasteiger partial charge in [0.05, 0.1) is 11.4 Å². The Morgan fingerprint density at radius 3 is 2.74 bits per heavy atom. The molecule has 1 fully saturated rings. The Morgan fingerprint density at radius 1 is 1.19 bits per heavy atom. The van der Waals surface area contributed by atoms with Gasteiger partial charge in [0.2, 0.25) is 0 Å². The van der Waals surface area contributed by atoms with Gasteiger partial charge in [-0.15, -0.1) is 0 Å². The first-order chi connectivity index (χ1) is 15.1. The Hall–Kier alpha value is -3.24. The van der Waals surface area contributed by atoms with Crippen LogP contribution in [0.15, 0.2) is 36.9 Å². The molecular weight excluding hydrogens is 418 g/mol. The number of urea groups is 1. The first-order valence-electron chi connectivity index (χ1n) is 10.1. The van der Waals surface area contributed by atoms with Gasteiger partial charge < -0.3 is 15.2 Å². The molecule has 0 spiro atoms. The van der Waals surface area contributed by atoms with Crippen LogP contribution in [-0.4, -0.2) is 68.6 Å². The summed E-state index contributed by atoms with van der Waals surface area (Å²) in [5, 5.41) is 5.87. The monoisotopic (exact) mass is 441 g/mol. The lowest BCUT2D eigenvalue weighted by Crippen LogP contribution is -2.46. The van der Waals surface area contributed by atoms with E-state index in [1.165, 1.54) is 6.33 Å². The number of aromatic nitrogens is 5. The minimum atomic E-state index is -0.274. The number of hydrogen-bond acceptors (Lipinski definition) is 7. The topological polar surface area (TPSA) is 115 Å². The summed E-state index contributed by atoms with van der Waals surface area (Å²) >= 11 is 6.46. The maximum atomic E-state index is 11.7. The molecule has 1 aliphatic heterocycles. The van der Waals surface area contributed by atoms with Gasteiger partial charge in [-0.3, -0.25) is 10.2 Å². The van der Waals surface area contributed by atoms with Crippen LogP contribution in [0.5, 0.6) is 0 Å². The van der Waals surface area contributed by atoms with Crippen LogP contribution in [0.4, 0.5) is 16.3 Å². The number of imidazole rings is 1. The van der Waals surface area contributed by atoms with Crippen molar-refractivity contribution in [2.24, 2.45) is 0 Å². The third-order valence-electron chi connectivity index (χ3n) is 4.97. The highest BCUT2D eigenvalue weighted by Crippen LogP contribution is 2.27. The number of aromatic amines is 1. The second kappa shape index (κ2) is 9.71. The van der Waals surface area contributed by atoms with Gasteiger partial charge in [0.15, 0.2) is 11.0 Å². The summed E-state index contributed by atoms with van der Waals surface area (Å²) in [6, 6.07) is 5.45. The van der Waals surface area contributed by atoms with Crippen molar-refractivity contribution in [2.45, 2.75) is 13.5 Å². The number of nitrogens with one attached hydrogen (secondary N) is 3. The molecule has 31 heavy (non-hydrogen) atoms.